The van der Waals surface area contributed by atoms with Crippen LogP contribution in [0.25, 0.3) is 16.6 Å². The highest BCUT2D eigenvalue weighted by Crippen LogP contribution is 2.24. The molecule has 4 rings (SSSR count). The first-order chi connectivity index (χ1) is 12.9. The van der Waals surface area contributed by atoms with Gasteiger partial charge in [-0.15, -0.1) is 0 Å². The lowest BCUT2D eigenvalue weighted by Gasteiger charge is -2.13. The summed E-state index contributed by atoms with van der Waals surface area (Å²) in [6.45, 7) is 1.74. The van der Waals surface area contributed by atoms with Crippen molar-refractivity contribution in [1.82, 2.24) is 14.9 Å². The topological polar surface area (TPSA) is 42.0 Å². The molecule has 0 bridgehead atoms. The number of rotatable bonds is 7. The predicted molar refractivity (Wildman–Crippen MR) is 106 cm³/mol. The molecule has 0 saturated heterocycles. The number of nitrogens with one attached hydrogen (secondary N) is 2. The van der Waals surface area contributed by atoms with Gasteiger partial charge in [0, 0.05) is 35.5 Å². The first kappa shape index (κ1) is 16.5. The maximum absolute atomic E-state index is 5.49. The number of aromatic nitrogens is 2. The van der Waals surface area contributed by atoms with Crippen molar-refractivity contribution in [3.8, 4) is 11.4 Å². The van der Waals surface area contributed by atoms with E-state index in [4.69, 9.17) is 4.74 Å². The van der Waals surface area contributed by atoms with Crippen molar-refractivity contribution in [2.75, 3.05) is 13.7 Å². The van der Waals surface area contributed by atoms with E-state index in [1.54, 1.807) is 7.11 Å². The molecular formula is C22H23N3O. The van der Waals surface area contributed by atoms with Crippen molar-refractivity contribution in [1.29, 1.82) is 0 Å². The van der Waals surface area contributed by atoms with Crippen LogP contribution in [0.5, 0.6) is 5.75 Å². The number of ether oxygens (including phenoxy) is 1. The molecule has 132 valence electrons. The molecule has 0 spiro atoms. The van der Waals surface area contributed by atoms with Gasteiger partial charge in [-0.05, 0) is 48.9 Å². The van der Waals surface area contributed by atoms with Crippen LogP contribution in [0.4, 0.5) is 0 Å². The Labute approximate surface area is 153 Å². The number of benzene rings is 2. The molecule has 2 heterocycles. The van der Waals surface area contributed by atoms with Crippen LogP contribution in [-0.2, 0) is 13.0 Å². The summed E-state index contributed by atoms with van der Waals surface area (Å²) >= 11 is 0. The number of para-hydroxylation sites is 3. The molecule has 2 aromatic carbocycles. The molecule has 0 atom stereocenters. The third-order valence-electron chi connectivity index (χ3n) is 4.73. The van der Waals surface area contributed by atoms with Gasteiger partial charge in [0.25, 0.3) is 0 Å². The third-order valence-corrected chi connectivity index (χ3v) is 4.73. The fraction of sp³-hybridized carbons (Fsp3) is 0.182. The average molecular weight is 345 g/mol. The fourth-order valence-electron chi connectivity index (χ4n) is 3.40. The van der Waals surface area contributed by atoms with Gasteiger partial charge in [-0.3, -0.25) is 0 Å². The van der Waals surface area contributed by atoms with Gasteiger partial charge in [0.15, 0.2) is 0 Å². The average Bonchev–Trinajstić information content (AvgIpc) is 3.32. The van der Waals surface area contributed by atoms with E-state index in [0.717, 1.165) is 30.9 Å². The molecule has 0 aliphatic heterocycles. The molecule has 0 aliphatic rings. The minimum Gasteiger partial charge on any atom is -0.495 e. The lowest BCUT2D eigenvalue weighted by atomic mass is 10.1. The Morgan fingerprint density at radius 3 is 2.77 bits per heavy atom. The highest BCUT2D eigenvalue weighted by atomic mass is 16.5. The SMILES string of the molecule is COc1ccccc1-n1cccc1CNCCc1c[nH]c2ccccc12. The molecule has 2 N–H and O–H groups in total. The highest BCUT2D eigenvalue weighted by molar-refractivity contribution is 5.83. The first-order valence-corrected chi connectivity index (χ1v) is 8.92. The molecule has 0 amide bonds. The predicted octanol–water partition coefficient (Wildman–Crippen LogP) is 4.30. The Bertz CT molecular complexity index is 999. The largest absolute Gasteiger partial charge is 0.495 e. The Hall–Kier alpha value is -2.98. The van der Waals surface area contributed by atoms with Gasteiger partial charge in [0.1, 0.15) is 5.75 Å². The number of hydrogen-bond acceptors (Lipinski definition) is 2. The molecule has 0 aliphatic carbocycles. The van der Waals surface area contributed by atoms with Gasteiger partial charge in [-0.2, -0.15) is 0 Å². The highest BCUT2D eigenvalue weighted by Gasteiger charge is 2.08. The van der Waals surface area contributed by atoms with E-state index in [1.807, 2.05) is 18.2 Å². The number of fused-ring (bicyclic) bond motifs is 1. The summed E-state index contributed by atoms with van der Waals surface area (Å²) in [6.07, 6.45) is 5.19. The van der Waals surface area contributed by atoms with Crippen molar-refractivity contribution >= 4 is 10.9 Å². The van der Waals surface area contributed by atoms with E-state index < -0.39 is 0 Å². The summed E-state index contributed by atoms with van der Waals surface area (Å²) in [5.74, 6) is 0.878. The number of aromatic amines is 1. The Balaban J connectivity index is 1.41. The van der Waals surface area contributed by atoms with Crippen LogP contribution in [0.3, 0.4) is 0 Å². The molecule has 0 unspecified atom stereocenters. The number of methoxy groups -OCH3 is 1. The van der Waals surface area contributed by atoms with E-state index in [9.17, 15) is 0 Å². The second-order valence-corrected chi connectivity index (χ2v) is 6.33. The normalized spacial score (nSPS) is 11.1. The molecule has 4 heteroatoms. The Morgan fingerprint density at radius 2 is 1.85 bits per heavy atom. The quantitative estimate of drug-likeness (QED) is 0.490. The zero-order valence-electron chi connectivity index (χ0n) is 14.9. The van der Waals surface area contributed by atoms with Crippen molar-refractivity contribution in [2.45, 2.75) is 13.0 Å². The number of hydrogen-bond donors (Lipinski definition) is 2. The summed E-state index contributed by atoms with van der Waals surface area (Å²) in [4.78, 5) is 3.34. The van der Waals surface area contributed by atoms with E-state index in [-0.39, 0.29) is 0 Å². The number of H-pyrrole nitrogens is 1. The van der Waals surface area contributed by atoms with E-state index >= 15 is 0 Å². The first-order valence-electron chi connectivity index (χ1n) is 8.92. The fourth-order valence-corrected chi connectivity index (χ4v) is 3.40. The van der Waals surface area contributed by atoms with Crippen LogP contribution in [0.1, 0.15) is 11.3 Å². The molecule has 0 radical (unpaired) electrons. The van der Waals surface area contributed by atoms with Crippen LogP contribution in [-0.4, -0.2) is 23.2 Å². The van der Waals surface area contributed by atoms with Gasteiger partial charge in [0.2, 0.25) is 0 Å². The molecule has 2 aromatic heterocycles. The smallest absolute Gasteiger partial charge is 0.142 e. The zero-order chi connectivity index (χ0) is 17.8. The van der Waals surface area contributed by atoms with Crippen LogP contribution in [0, 0.1) is 0 Å². The summed E-state index contributed by atoms with van der Waals surface area (Å²) in [5.41, 5.74) is 4.84. The van der Waals surface area contributed by atoms with Crippen molar-refractivity contribution in [3.63, 3.8) is 0 Å². The monoisotopic (exact) mass is 345 g/mol. The molecule has 26 heavy (non-hydrogen) atoms. The van der Waals surface area contributed by atoms with Gasteiger partial charge >= 0.3 is 0 Å². The van der Waals surface area contributed by atoms with Gasteiger partial charge < -0.3 is 19.6 Å². The maximum atomic E-state index is 5.49. The van der Waals surface area contributed by atoms with E-state index in [1.165, 1.54) is 22.2 Å². The molecule has 0 fully saturated rings. The van der Waals surface area contributed by atoms with Crippen LogP contribution >= 0.6 is 0 Å². The Kier molecular flexibility index (Phi) is 4.75. The summed E-state index contributed by atoms with van der Waals surface area (Å²) in [7, 11) is 1.71. The van der Waals surface area contributed by atoms with Gasteiger partial charge in [-0.1, -0.05) is 30.3 Å². The van der Waals surface area contributed by atoms with Crippen LogP contribution < -0.4 is 10.1 Å². The van der Waals surface area contributed by atoms with Crippen molar-refractivity contribution in [3.05, 3.63) is 84.3 Å². The lowest BCUT2D eigenvalue weighted by molar-refractivity contribution is 0.412. The minimum absolute atomic E-state index is 0.813. The lowest BCUT2D eigenvalue weighted by Crippen LogP contribution is -2.18. The molecule has 4 aromatic rings. The molecule has 0 saturated carbocycles. The zero-order valence-corrected chi connectivity index (χ0v) is 14.9. The summed E-state index contributed by atoms with van der Waals surface area (Å²) in [5, 5.41) is 4.87. The molecular weight excluding hydrogens is 322 g/mol. The van der Waals surface area contributed by atoms with Crippen molar-refractivity contribution in [2.24, 2.45) is 0 Å². The molecule has 4 nitrogen and oxygen atoms in total. The second-order valence-electron chi connectivity index (χ2n) is 6.33. The van der Waals surface area contributed by atoms with E-state index in [0.29, 0.717) is 0 Å². The third kappa shape index (κ3) is 3.24. The minimum atomic E-state index is 0.813. The van der Waals surface area contributed by atoms with Crippen molar-refractivity contribution < 1.29 is 4.74 Å². The standard InChI is InChI=1S/C22H23N3O/c1-26-22-11-5-4-10-21(22)25-14-6-7-18(25)16-23-13-12-17-15-24-20-9-3-2-8-19(17)20/h2-11,14-15,23-24H,12-13,16H2,1H3. The second kappa shape index (κ2) is 7.50. The van der Waals surface area contributed by atoms with E-state index in [2.05, 4.69) is 69.7 Å². The van der Waals surface area contributed by atoms with Gasteiger partial charge in [-0.25, -0.2) is 0 Å². The van der Waals surface area contributed by atoms with Crippen LogP contribution in [0.2, 0.25) is 0 Å². The van der Waals surface area contributed by atoms with Gasteiger partial charge in [0.05, 0.1) is 12.8 Å². The summed E-state index contributed by atoms with van der Waals surface area (Å²) in [6, 6.07) is 20.8. The Morgan fingerprint density at radius 1 is 1.00 bits per heavy atom. The number of nitrogens with zero attached hydrogens (tertiary/aromatic N) is 1. The summed E-state index contributed by atoms with van der Waals surface area (Å²) < 4.78 is 7.67. The maximum Gasteiger partial charge on any atom is 0.142 e. The van der Waals surface area contributed by atoms with Crippen LogP contribution in [0.15, 0.2) is 73.1 Å².